The van der Waals surface area contributed by atoms with E-state index in [1.165, 1.54) is 0 Å². The molecule has 2 saturated heterocycles. The van der Waals surface area contributed by atoms with Gasteiger partial charge in [-0.15, -0.1) is 0 Å². The summed E-state index contributed by atoms with van der Waals surface area (Å²) >= 11 is 0. The van der Waals surface area contributed by atoms with Gasteiger partial charge in [0.1, 0.15) is 12.6 Å². The molecular formula is C22H26N4O3. The number of aromatic nitrogens is 1. The quantitative estimate of drug-likeness (QED) is 0.782. The molecule has 2 aliphatic rings. The van der Waals surface area contributed by atoms with Crippen molar-refractivity contribution < 1.29 is 14.3 Å². The van der Waals surface area contributed by atoms with Gasteiger partial charge in [-0.05, 0) is 31.5 Å². The number of anilines is 1. The summed E-state index contributed by atoms with van der Waals surface area (Å²) < 4.78 is 5.89. The molecule has 2 fully saturated rings. The second-order valence-electron chi connectivity index (χ2n) is 7.73. The zero-order chi connectivity index (χ0) is 20.4. The van der Waals surface area contributed by atoms with Gasteiger partial charge in [0.05, 0.1) is 6.54 Å². The summed E-state index contributed by atoms with van der Waals surface area (Å²) in [6.07, 6.45) is 2.48. The number of nitrogens with zero attached hydrogens (tertiary/aromatic N) is 4. The Balaban J connectivity index is 1.30. The lowest BCUT2D eigenvalue weighted by Gasteiger charge is -2.22. The largest absolute Gasteiger partial charge is 0.472 e. The van der Waals surface area contributed by atoms with E-state index in [1.54, 1.807) is 20.9 Å². The fourth-order valence-electron chi connectivity index (χ4n) is 3.70. The number of hydrogen-bond donors (Lipinski definition) is 0. The third-order valence-electron chi connectivity index (χ3n) is 5.44. The molecule has 7 heteroatoms. The zero-order valence-corrected chi connectivity index (χ0v) is 16.9. The minimum absolute atomic E-state index is 0.0351. The van der Waals surface area contributed by atoms with Crippen LogP contribution in [0.5, 0.6) is 5.88 Å². The molecule has 0 bridgehead atoms. The van der Waals surface area contributed by atoms with Gasteiger partial charge >= 0.3 is 6.03 Å². The molecule has 152 valence electrons. The second kappa shape index (κ2) is 8.11. The summed E-state index contributed by atoms with van der Waals surface area (Å²) in [5, 5.41) is 0. The average Bonchev–Trinajstić information content (AvgIpc) is 3.32. The summed E-state index contributed by atoms with van der Waals surface area (Å²) in [6.45, 7) is 6.42. The van der Waals surface area contributed by atoms with Crippen LogP contribution in [-0.2, 0) is 4.79 Å². The number of amides is 3. The van der Waals surface area contributed by atoms with Gasteiger partial charge in [-0.2, -0.15) is 0 Å². The number of ether oxygens (including phenoxy) is 1. The molecule has 3 heterocycles. The van der Waals surface area contributed by atoms with Gasteiger partial charge < -0.3 is 14.5 Å². The van der Waals surface area contributed by atoms with E-state index in [-0.39, 0.29) is 24.6 Å². The van der Waals surface area contributed by atoms with Crippen molar-refractivity contribution in [3.63, 3.8) is 0 Å². The number of pyridine rings is 1. The first-order valence-electron chi connectivity index (χ1n) is 10.00. The van der Waals surface area contributed by atoms with Crippen LogP contribution in [0.15, 0.2) is 42.6 Å². The summed E-state index contributed by atoms with van der Waals surface area (Å²) in [5.41, 5.74) is 3.10. The number of aryl methyl sites for hydroxylation is 2. The van der Waals surface area contributed by atoms with Crippen LogP contribution in [0.2, 0.25) is 0 Å². The molecule has 1 aromatic carbocycles. The maximum Gasteiger partial charge on any atom is 0.325 e. The van der Waals surface area contributed by atoms with Gasteiger partial charge in [-0.25, -0.2) is 9.78 Å². The molecule has 4 rings (SSSR count). The van der Waals surface area contributed by atoms with Crippen LogP contribution in [0.1, 0.15) is 17.5 Å². The van der Waals surface area contributed by atoms with Gasteiger partial charge in [0.15, 0.2) is 0 Å². The predicted molar refractivity (Wildman–Crippen MR) is 110 cm³/mol. The first-order valence-corrected chi connectivity index (χ1v) is 10.00. The van der Waals surface area contributed by atoms with E-state index in [4.69, 9.17) is 4.74 Å². The fraction of sp³-hybridized carbons (Fsp3) is 0.409. The van der Waals surface area contributed by atoms with Crippen molar-refractivity contribution >= 4 is 17.6 Å². The van der Waals surface area contributed by atoms with Crippen molar-refractivity contribution in [1.29, 1.82) is 0 Å². The first-order chi connectivity index (χ1) is 14.0. The lowest BCUT2D eigenvalue weighted by atomic mass is 10.2. The van der Waals surface area contributed by atoms with E-state index >= 15 is 0 Å². The molecule has 29 heavy (non-hydrogen) atoms. The van der Waals surface area contributed by atoms with E-state index in [1.807, 2.05) is 50.2 Å². The lowest BCUT2D eigenvalue weighted by Crippen LogP contribution is -2.42. The predicted octanol–water partition coefficient (Wildman–Crippen LogP) is 2.62. The topological polar surface area (TPSA) is 66.0 Å². The minimum atomic E-state index is -0.113. The number of urea groups is 1. The van der Waals surface area contributed by atoms with Gasteiger partial charge in [0.2, 0.25) is 11.8 Å². The maximum atomic E-state index is 12.7. The van der Waals surface area contributed by atoms with E-state index < -0.39 is 0 Å². The van der Waals surface area contributed by atoms with Crippen LogP contribution in [0.4, 0.5) is 10.5 Å². The third-order valence-corrected chi connectivity index (χ3v) is 5.44. The van der Waals surface area contributed by atoms with Gasteiger partial charge in [0.25, 0.3) is 0 Å². The Morgan fingerprint density at radius 2 is 1.83 bits per heavy atom. The molecule has 3 amide bonds. The summed E-state index contributed by atoms with van der Waals surface area (Å²) in [7, 11) is 0. The molecule has 0 aliphatic carbocycles. The fourth-order valence-corrected chi connectivity index (χ4v) is 3.70. The summed E-state index contributed by atoms with van der Waals surface area (Å²) in [5.74, 6) is 0.547. The van der Waals surface area contributed by atoms with E-state index in [0.29, 0.717) is 32.1 Å². The molecule has 1 atom stereocenters. The monoisotopic (exact) mass is 394 g/mol. The highest BCUT2D eigenvalue weighted by molar-refractivity contribution is 5.96. The second-order valence-corrected chi connectivity index (χ2v) is 7.73. The molecule has 0 spiro atoms. The molecule has 0 radical (unpaired) electrons. The number of rotatable bonds is 5. The number of carbonyl (C=O) groups is 2. The van der Waals surface area contributed by atoms with Gasteiger partial charge in [-0.1, -0.05) is 23.8 Å². The van der Waals surface area contributed by atoms with Crippen molar-refractivity contribution in [1.82, 2.24) is 14.8 Å². The third kappa shape index (κ3) is 4.34. The number of likely N-dealkylation sites (tertiary alicyclic amines) is 1. The normalized spacial score (nSPS) is 19.2. The SMILES string of the molecule is Cc1ccc(N2CCN(CC(=O)N3CC[C@H](Oc4ccc(C)cn4)C3)C2=O)cc1. The molecule has 2 aromatic rings. The molecule has 0 saturated carbocycles. The minimum Gasteiger partial charge on any atom is -0.472 e. The Bertz CT molecular complexity index is 882. The van der Waals surface area contributed by atoms with Crippen LogP contribution in [0, 0.1) is 13.8 Å². The Kier molecular flexibility index (Phi) is 5.38. The molecule has 2 aliphatic heterocycles. The molecule has 0 unspecified atom stereocenters. The smallest absolute Gasteiger partial charge is 0.325 e. The van der Waals surface area contributed by atoms with Crippen LogP contribution in [-0.4, -0.2) is 65.5 Å². The van der Waals surface area contributed by atoms with Gasteiger partial charge in [-0.3, -0.25) is 9.69 Å². The van der Waals surface area contributed by atoms with Crippen LogP contribution in [0.25, 0.3) is 0 Å². The number of benzene rings is 1. The molecule has 7 nitrogen and oxygen atoms in total. The highest BCUT2D eigenvalue weighted by atomic mass is 16.5. The number of carbonyl (C=O) groups excluding carboxylic acids is 2. The summed E-state index contributed by atoms with van der Waals surface area (Å²) in [4.78, 5) is 34.8. The Hall–Kier alpha value is -3.09. The maximum absolute atomic E-state index is 12.7. The Labute approximate surface area is 170 Å². The van der Waals surface area contributed by atoms with Crippen molar-refractivity contribution in [3.8, 4) is 5.88 Å². The Morgan fingerprint density at radius 3 is 2.55 bits per heavy atom. The standard InChI is InChI=1S/C22H26N4O3/c1-16-3-6-18(7-4-16)26-12-11-25(22(26)28)15-21(27)24-10-9-19(14-24)29-20-8-5-17(2)13-23-20/h3-8,13,19H,9-12,14-15H2,1-2H3/t19-/m0/s1. The van der Waals surface area contributed by atoms with E-state index in [0.717, 1.165) is 23.2 Å². The molecule has 1 aromatic heterocycles. The average molecular weight is 394 g/mol. The lowest BCUT2D eigenvalue weighted by molar-refractivity contribution is -0.130. The van der Waals surface area contributed by atoms with Crippen molar-refractivity contribution in [2.45, 2.75) is 26.4 Å². The van der Waals surface area contributed by atoms with Crippen molar-refractivity contribution in [2.24, 2.45) is 0 Å². The van der Waals surface area contributed by atoms with E-state index in [9.17, 15) is 9.59 Å². The van der Waals surface area contributed by atoms with Crippen molar-refractivity contribution in [2.75, 3.05) is 37.6 Å². The first kappa shape index (κ1) is 19.2. The summed E-state index contributed by atoms with van der Waals surface area (Å²) in [6, 6.07) is 11.6. The van der Waals surface area contributed by atoms with Crippen LogP contribution < -0.4 is 9.64 Å². The zero-order valence-electron chi connectivity index (χ0n) is 16.9. The Morgan fingerprint density at radius 1 is 1.07 bits per heavy atom. The molecular weight excluding hydrogens is 368 g/mol. The highest BCUT2D eigenvalue weighted by Crippen LogP contribution is 2.22. The van der Waals surface area contributed by atoms with Crippen LogP contribution >= 0.6 is 0 Å². The number of hydrogen-bond acceptors (Lipinski definition) is 4. The van der Waals surface area contributed by atoms with Crippen molar-refractivity contribution in [3.05, 3.63) is 53.7 Å². The van der Waals surface area contributed by atoms with E-state index in [2.05, 4.69) is 4.98 Å². The van der Waals surface area contributed by atoms with Gasteiger partial charge in [0, 0.05) is 44.0 Å². The molecule has 0 N–H and O–H groups in total. The van der Waals surface area contributed by atoms with Crippen LogP contribution in [0.3, 0.4) is 0 Å². The highest BCUT2D eigenvalue weighted by Gasteiger charge is 2.34.